The lowest BCUT2D eigenvalue weighted by Gasteiger charge is -2.33. The Morgan fingerprint density at radius 2 is 1.75 bits per heavy atom. The second kappa shape index (κ2) is 7.26. The van der Waals surface area contributed by atoms with Gasteiger partial charge >= 0.3 is 0 Å². The molecule has 3 N–H and O–H groups in total. The first-order chi connectivity index (χ1) is 13.4. The fourth-order valence-corrected chi connectivity index (χ4v) is 3.54. The first-order valence-electron chi connectivity index (χ1n) is 9.45. The van der Waals surface area contributed by atoms with Gasteiger partial charge in [-0.3, -0.25) is 4.79 Å². The Kier molecular flexibility index (Phi) is 4.78. The van der Waals surface area contributed by atoms with Gasteiger partial charge in [-0.25, -0.2) is 9.99 Å². The predicted octanol–water partition coefficient (Wildman–Crippen LogP) is 2.49. The molecular formula is C21H25N5O2. The van der Waals surface area contributed by atoms with Gasteiger partial charge in [-0.2, -0.15) is 0 Å². The molecular weight excluding hydrogens is 354 g/mol. The Labute approximate surface area is 163 Å². The number of fused-ring (bicyclic) bond motifs is 1. The quantitative estimate of drug-likeness (QED) is 0.648. The number of piperazine rings is 1. The Morgan fingerprint density at radius 1 is 1.07 bits per heavy atom. The van der Waals surface area contributed by atoms with E-state index in [1.807, 2.05) is 44.2 Å². The van der Waals surface area contributed by atoms with Crippen molar-refractivity contribution in [1.29, 1.82) is 0 Å². The number of hydrogen-bond donors (Lipinski definition) is 3. The third kappa shape index (κ3) is 3.58. The molecule has 2 heterocycles. The van der Waals surface area contributed by atoms with Gasteiger partial charge in [-0.15, -0.1) is 0 Å². The third-order valence-electron chi connectivity index (χ3n) is 5.26. The average Bonchev–Trinajstić information content (AvgIpc) is 2.68. The van der Waals surface area contributed by atoms with Crippen LogP contribution >= 0.6 is 0 Å². The molecule has 0 radical (unpaired) electrons. The van der Waals surface area contributed by atoms with E-state index in [9.17, 15) is 9.90 Å². The van der Waals surface area contributed by atoms with Crippen LogP contribution in [0.4, 0.5) is 5.69 Å². The minimum atomic E-state index is -0.176. The number of H-pyrrole nitrogens is 1. The van der Waals surface area contributed by atoms with Crippen molar-refractivity contribution in [2.45, 2.75) is 13.8 Å². The SMILES string of the molecule is Cc1cc(-c2nc3ccc(NN4CCN(C)CC4)cc3c(=O)[nH]2)cc(C)c1O. The predicted molar refractivity (Wildman–Crippen MR) is 112 cm³/mol. The molecule has 0 saturated carbocycles. The number of rotatable bonds is 3. The largest absolute Gasteiger partial charge is 0.507 e. The maximum absolute atomic E-state index is 12.7. The van der Waals surface area contributed by atoms with E-state index in [-0.39, 0.29) is 11.3 Å². The van der Waals surface area contributed by atoms with Crippen LogP contribution in [0.15, 0.2) is 35.1 Å². The molecule has 0 bridgehead atoms. The zero-order valence-electron chi connectivity index (χ0n) is 16.4. The molecule has 7 nitrogen and oxygen atoms in total. The van der Waals surface area contributed by atoms with Gasteiger partial charge in [-0.1, -0.05) is 0 Å². The molecule has 0 amide bonds. The van der Waals surface area contributed by atoms with Crippen molar-refractivity contribution in [3.63, 3.8) is 0 Å². The third-order valence-corrected chi connectivity index (χ3v) is 5.26. The Morgan fingerprint density at radius 3 is 2.43 bits per heavy atom. The van der Waals surface area contributed by atoms with Gasteiger partial charge in [0.05, 0.1) is 10.9 Å². The molecule has 2 aromatic carbocycles. The number of nitrogens with zero attached hydrogens (tertiary/aromatic N) is 3. The van der Waals surface area contributed by atoms with Crippen LogP contribution in [0.25, 0.3) is 22.3 Å². The van der Waals surface area contributed by atoms with Crippen molar-refractivity contribution in [2.75, 3.05) is 38.7 Å². The number of anilines is 1. The molecule has 3 aromatic rings. The molecule has 7 heteroatoms. The molecule has 1 aromatic heterocycles. The number of aromatic amines is 1. The van der Waals surface area contributed by atoms with Gasteiger partial charge in [0.1, 0.15) is 11.6 Å². The average molecular weight is 379 g/mol. The van der Waals surface area contributed by atoms with Gasteiger partial charge in [0.25, 0.3) is 5.56 Å². The Balaban J connectivity index is 1.66. The molecule has 0 unspecified atom stereocenters. The molecule has 0 atom stereocenters. The van der Waals surface area contributed by atoms with Crippen LogP contribution in [0.3, 0.4) is 0 Å². The first-order valence-corrected chi connectivity index (χ1v) is 9.45. The van der Waals surface area contributed by atoms with E-state index in [1.54, 1.807) is 0 Å². The number of hydrogen-bond acceptors (Lipinski definition) is 6. The van der Waals surface area contributed by atoms with Crippen LogP contribution in [0.2, 0.25) is 0 Å². The standard InChI is InChI=1S/C21H25N5O2/c1-13-10-15(11-14(2)19(13)27)20-22-18-5-4-16(12-17(18)21(28)23-20)24-26-8-6-25(3)7-9-26/h4-5,10-12,24,27H,6-9H2,1-3H3,(H,22,23,28). The van der Waals surface area contributed by atoms with Gasteiger partial charge in [0.15, 0.2) is 0 Å². The van der Waals surface area contributed by atoms with Crippen LogP contribution in [0, 0.1) is 13.8 Å². The molecule has 1 saturated heterocycles. The van der Waals surface area contributed by atoms with Crippen molar-refractivity contribution in [3.05, 3.63) is 51.8 Å². The number of likely N-dealkylation sites (N-methyl/N-ethyl adjacent to an activating group) is 1. The molecule has 1 aliphatic heterocycles. The number of phenolic OH excluding ortho intramolecular Hbond substituents is 1. The molecule has 1 aliphatic rings. The summed E-state index contributed by atoms with van der Waals surface area (Å²) in [4.78, 5) is 22.5. The second-order valence-electron chi connectivity index (χ2n) is 7.51. The van der Waals surface area contributed by atoms with E-state index in [0.29, 0.717) is 16.7 Å². The summed E-state index contributed by atoms with van der Waals surface area (Å²) in [6.45, 7) is 7.56. The van der Waals surface area contributed by atoms with Crippen LogP contribution in [0.5, 0.6) is 5.75 Å². The topological polar surface area (TPSA) is 84.5 Å². The lowest BCUT2D eigenvalue weighted by Crippen LogP contribution is -2.46. The van der Waals surface area contributed by atoms with Crippen LogP contribution in [0.1, 0.15) is 11.1 Å². The number of phenols is 1. The van der Waals surface area contributed by atoms with Gasteiger partial charge in [-0.05, 0) is 62.4 Å². The molecule has 1 fully saturated rings. The van der Waals surface area contributed by atoms with E-state index < -0.39 is 0 Å². The smallest absolute Gasteiger partial charge is 0.259 e. The zero-order chi connectivity index (χ0) is 19.8. The van der Waals surface area contributed by atoms with E-state index in [2.05, 4.69) is 32.4 Å². The van der Waals surface area contributed by atoms with Crippen LogP contribution in [-0.2, 0) is 0 Å². The summed E-state index contributed by atoms with van der Waals surface area (Å²) in [5.74, 6) is 0.773. The van der Waals surface area contributed by atoms with E-state index in [0.717, 1.165) is 48.6 Å². The maximum Gasteiger partial charge on any atom is 0.259 e. The maximum atomic E-state index is 12.7. The van der Waals surface area contributed by atoms with Gasteiger partial charge < -0.3 is 20.4 Å². The fourth-order valence-electron chi connectivity index (χ4n) is 3.54. The summed E-state index contributed by atoms with van der Waals surface area (Å²) < 4.78 is 0. The number of aromatic nitrogens is 2. The highest BCUT2D eigenvalue weighted by atomic mass is 16.3. The molecule has 0 aliphatic carbocycles. The Hall–Kier alpha value is -2.90. The summed E-state index contributed by atoms with van der Waals surface area (Å²) in [6.07, 6.45) is 0. The zero-order valence-corrected chi connectivity index (χ0v) is 16.4. The molecule has 0 spiro atoms. The Bertz CT molecular complexity index is 1060. The summed E-state index contributed by atoms with van der Waals surface area (Å²) in [5, 5.41) is 12.7. The van der Waals surface area contributed by atoms with E-state index in [4.69, 9.17) is 0 Å². The fraction of sp³-hybridized carbons (Fsp3) is 0.333. The summed E-state index contributed by atoms with van der Waals surface area (Å²) in [6, 6.07) is 9.32. The summed E-state index contributed by atoms with van der Waals surface area (Å²) in [7, 11) is 2.12. The van der Waals surface area contributed by atoms with Gasteiger partial charge in [0, 0.05) is 37.4 Å². The number of benzene rings is 2. The second-order valence-corrected chi connectivity index (χ2v) is 7.51. The summed E-state index contributed by atoms with van der Waals surface area (Å²) >= 11 is 0. The number of aryl methyl sites for hydroxylation is 2. The lowest BCUT2D eigenvalue weighted by atomic mass is 10.1. The first kappa shape index (κ1) is 18.5. The minimum absolute atomic E-state index is 0.176. The highest BCUT2D eigenvalue weighted by Crippen LogP contribution is 2.27. The molecule has 146 valence electrons. The summed E-state index contributed by atoms with van der Waals surface area (Å²) in [5.41, 5.74) is 7.03. The van der Waals surface area contributed by atoms with E-state index in [1.165, 1.54) is 0 Å². The van der Waals surface area contributed by atoms with Crippen molar-refractivity contribution in [1.82, 2.24) is 19.9 Å². The van der Waals surface area contributed by atoms with Crippen molar-refractivity contribution < 1.29 is 5.11 Å². The molecule has 28 heavy (non-hydrogen) atoms. The van der Waals surface area contributed by atoms with Crippen molar-refractivity contribution in [2.24, 2.45) is 0 Å². The van der Waals surface area contributed by atoms with Crippen LogP contribution < -0.4 is 11.0 Å². The van der Waals surface area contributed by atoms with Crippen LogP contribution in [-0.4, -0.2) is 58.2 Å². The normalized spacial score (nSPS) is 15.8. The highest BCUT2D eigenvalue weighted by Gasteiger charge is 2.14. The number of aromatic hydroxyl groups is 1. The van der Waals surface area contributed by atoms with E-state index >= 15 is 0 Å². The number of nitrogens with one attached hydrogen (secondary N) is 2. The van der Waals surface area contributed by atoms with Crippen molar-refractivity contribution in [3.8, 4) is 17.1 Å². The minimum Gasteiger partial charge on any atom is -0.507 e. The highest BCUT2D eigenvalue weighted by molar-refractivity contribution is 5.83. The van der Waals surface area contributed by atoms with Gasteiger partial charge in [0.2, 0.25) is 0 Å². The monoisotopic (exact) mass is 379 g/mol. The van der Waals surface area contributed by atoms with Crippen molar-refractivity contribution >= 4 is 16.6 Å². The molecule has 4 rings (SSSR count). The lowest BCUT2D eigenvalue weighted by molar-refractivity contribution is 0.179. The number of hydrazine groups is 1.